The van der Waals surface area contributed by atoms with Gasteiger partial charge < -0.3 is 19.5 Å². The molecular weight excluding hydrogens is 453 g/mol. The summed E-state index contributed by atoms with van der Waals surface area (Å²) in [5.74, 6) is 1.45. The highest BCUT2D eigenvalue weighted by Gasteiger charge is 2.10. The Morgan fingerprint density at radius 3 is 2.80 bits per heavy atom. The van der Waals surface area contributed by atoms with Gasteiger partial charge >= 0.3 is 0 Å². The first-order chi connectivity index (χ1) is 11.5. The summed E-state index contributed by atoms with van der Waals surface area (Å²) >= 11 is 6.04. The Hall–Kier alpha value is -1.48. The monoisotopic (exact) mass is 477 g/mol. The van der Waals surface area contributed by atoms with Crippen LogP contribution in [0.2, 0.25) is 5.02 Å². The molecule has 0 amide bonds. The van der Waals surface area contributed by atoms with Crippen LogP contribution in [0.5, 0.6) is 5.88 Å². The summed E-state index contributed by atoms with van der Waals surface area (Å²) in [5.41, 5.74) is 2.21. The van der Waals surface area contributed by atoms with Crippen molar-refractivity contribution in [3.05, 3.63) is 46.9 Å². The number of pyridine rings is 1. The van der Waals surface area contributed by atoms with E-state index in [0.29, 0.717) is 25.6 Å². The van der Waals surface area contributed by atoms with E-state index in [0.717, 1.165) is 22.2 Å². The van der Waals surface area contributed by atoms with Crippen LogP contribution in [0.1, 0.15) is 18.2 Å². The van der Waals surface area contributed by atoms with Gasteiger partial charge in [-0.15, -0.1) is 24.0 Å². The third kappa shape index (κ3) is 6.39. The Labute approximate surface area is 171 Å². The molecule has 0 aromatic carbocycles. The van der Waals surface area contributed by atoms with Gasteiger partial charge in [-0.05, 0) is 24.6 Å². The number of rotatable bonds is 6. The van der Waals surface area contributed by atoms with Gasteiger partial charge in [0.15, 0.2) is 5.96 Å². The summed E-state index contributed by atoms with van der Waals surface area (Å²) in [6.07, 6.45) is 3.65. The molecule has 0 saturated heterocycles. The predicted octanol–water partition coefficient (Wildman–Crippen LogP) is 3.30. The first kappa shape index (κ1) is 21.6. The van der Waals surface area contributed by atoms with Crippen LogP contribution in [0, 0.1) is 0 Å². The molecule has 6 nitrogen and oxygen atoms in total. The lowest BCUT2D eigenvalue weighted by atomic mass is 10.2. The molecule has 8 heteroatoms. The summed E-state index contributed by atoms with van der Waals surface area (Å²) < 4.78 is 7.44. The second-order valence-electron chi connectivity index (χ2n) is 5.45. The molecule has 25 heavy (non-hydrogen) atoms. The highest BCUT2D eigenvalue weighted by molar-refractivity contribution is 14.0. The Bertz CT molecular complexity index is 704. The molecule has 1 N–H and O–H groups in total. The van der Waals surface area contributed by atoms with Gasteiger partial charge in [-0.2, -0.15) is 0 Å². The number of hydrogen-bond acceptors (Lipinski definition) is 3. The van der Waals surface area contributed by atoms with Gasteiger partial charge in [-0.1, -0.05) is 11.6 Å². The Kier molecular flexibility index (Phi) is 9.05. The molecule has 0 unspecified atom stereocenters. The van der Waals surface area contributed by atoms with E-state index in [4.69, 9.17) is 16.3 Å². The summed E-state index contributed by atoms with van der Waals surface area (Å²) in [4.78, 5) is 10.6. The zero-order valence-electron chi connectivity index (χ0n) is 15.0. The van der Waals surface area contributed by atoms with E-state index in [1.165, 1.54) is 0 Å². The number of aliphatic imine (C=N–C) groups is 1. The van der Waals surface area contributed by atoms with Crippen molar-refractivity contribution in [1.29, 1.82) is 0 Å². The zero-order chi connectivity index (χ0) is 17.5. The first-order valence-corrected chi connectivity index (χ1v) is 8.21. The van der Waals surface area contributed by atoms with Gasteiger partial charge in [-0.25, -0.2) is 4.98 Å². The number of guanidine groups is 1. The van der Waals surface area contributed by atoms with Crippen LogP contribution in [0.15, 0.2) is 35.6 Å². The minimum absolute atomic E-state index is 0. The molecule has 2 aromatic rings. The average Bonchev–Trinajstić information content (AvgIpc) is 2.86. The molecule has 138 valence electrons. The molecule has 2 aromatic heterocycles. The molecule has 2 heterocycles. The van der Waals surface area contributed by atoms with Crippen LogP contribution in [-0.2, 0) is 20.1 Å². The van der Waals surface area contributed by atoms with E-state index in [9.17, 15) is 0 Å². The van der Waals surface area contributed by atoms with Crippen LogP contribution >= 0.6 is 35.6 Å². The van der Waals surface area contributed by atoms with Crippen LogP contribution in [0.3, 0.4) is 0 Å². The molecular formula is C17H25ClIN5O. The SMILES string of the molecule is CCOc1cc(CNC(=NC)N(C)Cc2cc(Cl)cn2C)ccn1.I. The quantitative estimate of drug-likeness (QED) is 0.394. The van der Waals surface area contributed by atoms with Crippen LogP contribution in [-0.4, -0.2) is 41.1 Å². The summed E-state index contributed by atoms with van der Waals surface area (Å²) in [6.45, 7) is 3.91. The molecule has 0 saturated carbocycles. The molecule has 0 aliphatic heterocycles. The lowest BCUT2D eigenvalue weighted by molar-refractivity contribution is 0.326. The number of hydrogen-bond donors (Lipinski definition) is 1. The van der Waals surface area contributed by atoms with Crippen LogP contribution < -0.4 is 10.1 Å². The van der Waals surface area contributed by atoms with Crippen molar-refractivity contribution < 1.29 is 4.74 Å². The number of halogens is 2. The number of nitrogens with one attached hydrogen (secondary N) is 1. The smallest absolute Gasteiger partial charge is 0.213 e. The number of nitrogens with zero attached hydrogens (tertiary/aromatic N) is 4. The number of aromatic nitrogens is 2. The largest absolute Gasteiger partial charge is 0.478 e. The maximum Gasteiger partial charge on any atom is 0.213 e. The van der Waals surface area contributed by atoms with Gasteiger partial charge in [0.1, 0.15) is 0 Å². The fraction of sp³-hybridized carbons (Fsp3) is 0.412. The second-order valence-corrected chi connectivity index (χ2v) is 5.89. The fourth-order valence-electron chi connectivity index (χ4n) is 2.39. The van der Waals surface area contributed by atoms with Gasteiger partial charge in [0, 0.05) is 51.8 Å². The second kappa shape index (κ2) is 10.5. The van der Waals surface area contributed by atoms with E-state index in [2.05, 4.69) is 20.2 Å². The van der Waals surface area contributed by atoms with Crippen LogP contribution in [0.4, 0.5) is 0 Å². The van der Waals surface area contributed by atoms with Crippen molar-refractivity contribution in [2.75, 3.05) is 20.7 Å². The van der Waals surface area contributed by atoms with Gasteiger partial charge in [0.25, 0.3) is 0 Å². The van der Waals surface area contributed by atoms with Crippen molar-refractivity contribution in [2.45, 2.75) is 20.0 Å². The molecule has 0 bridgehead atoms. The Morgan fingerprint density at radius 2 is 2.20 bits per heavy atom. The minimum Gasteiger partial charge on any atom is -0.478 e. The van der Waals surface area contributed by atoms with Crippen molar-refractivity contribution in [2.24, 2.45) is 12.0 Å². The molecule has 0 fully saturated rings. The third-order valence-corrected chi connectivity index (χ3v) is 3.80. The van der Waals surface area contributed by atoms with Gasteiger partial charge in [-0.3, -0.25) is 4.99 Å². The molecule has 2 rings (SSSR count). The van der Waals surface area contributed by atoms with E-state index in [1.54, 1.807) is 13.2 Å². The lowest BCUT2D eigenvalue weighted by Crippen LogP contribution is -2.38. The maximum absolute atomic E-state index is 6.04. The zero-order valence-corrected chi connectivity index (χ0v) is 18.1. The van der Waals surface area contributed by atoms with Crippen molar-refractivity contribution in [1.82, 2.24) is 19.8 Å². The summed E-state index contributed by atoms with van der Waals surface area (Å²) in [6, 6.07) is 5.85. The van der Waals surface area contributed by atoms with E-state index in [-0.39, 0.29) is 24.0 Å². The molecule has 0 spiro atoms. The molecule has 0 atom stereocenters. The van der Waals surface area contributed by atoms with E-state index < -0.39 is 0 Å². The fourth-order valence-corrected chi connectivity index (χ4v) is 2.67. The standard InChI is InChI=1S/C17H24ClN5O.HI/c1-5-24-16-8-13(6-7-20-16)10-21-17(19-2)23(4)12-15-9-14(18)11-22(15)3;/h6-9,11H,5,10,12H2,1-4H3,(H,19,21);1H. The highest BCUT2D eigenvalue weighted by Crippen LogP contribution is 2.14. The minimum atomic E-state index is 0. The number of ether oxygens (including phenoxy) is 1. The Morgan fingerprint density at radius 1 is 1.44 bits per heavy atom. The van der Waals surface area contributed by atoms with Crippen molar-refractivity contribution >= 4 is 41.5 Å². The van der Waals surface area contributed by atoms with Crippen LogP contribution in [0.25, 0.3) is 0 Å². The van der Waals surface area contributed by atoms with Crippen molar-refractivity contribution in [3.63, 3.8) is 0 Å². The molecule has 0 radical (unpaired) electrons. The third-order valence-electron chi connectivity index (χ3n) is 3.59. The van der Waals surface area contributed by atoms with E-state index in [1.807, 2.05) is 50.0 Å². The normalized spacial score (nSPS) is 11.0. The van der Waals surface area contributed by atoms with E-state index >= 15 is 0 Å². The topological polar surface area (TPSA) is 54.7 Å². The lowest BCUT2D eigenvalue weighted by Gasteiger charge is -2.22. The predicted molar refractivity (Wildman–Crippen MR) is 113 cm³/mol. The van der Waals surface area contributed by atoms with Crippen molar-refractivity contribution in [3.8, 4) is 5.88 Å². The average molecular weight is 478 g/mol. The molecule has 0 aliphatic carbocycles. The van der Waals surface area contributed by atoms with Gasteiger partial charge in [0.05, 0.1) is 18.2 Å². The molecule has 0 aliphatic rings. The summed E-state index contributed by atoms with van der Waals surface area (Å²) in [5, 5.41) is 4.09. The first-order valence-electron chi connectivity index (χ1n) is 7.83. The Balaban J connectivity index is 0.00000312. The number of aryl methyl sites for hydroxylation is 1. The maximum atomic E-state index is 6.04. The summed E-state index contributed by atoms with van der Waals surface area (Å²) in [7, 11) is 5.75. The highest BCUT2D eigenvalue weighted by atomic mass is 127. The van der Waals surface area contributed by atoms with Gasteiger partial charge in [0.2, 0.25) is 5.88 Å².